The number of aromatic nitrogens is 5. The van der Waals surface area contributed by atoms with Crippen LogP contribution in [-0.4, -0.2) is 48.2 Å². The summed E-state index contributed by atoms with van der Waals surface area (Å²) in [6.45, 7) is 1.26. The van der Waals surface area contributed by atoms with Crippen LogP contribution in [0.3, 0.4) is 0 Å². The molecule has 0 bridgehead atoms. The molecule has 2 aliphatic rings. The Balaban J connectivity index is 1.32. The first-order valence-electron chi connectivity index (χ1n) is 10.8. The van der Waals surface area contributed by atoms with Gasteiger partial charge in [-0.1, -0.05) is 25.0 Å². The van der Waals surface area contributed by atoms with Crippen LogP contribution in [0.15, 0.2) is 35.3 Å². The van der Waals surface area contributed by atoms with Crippen molar-refractivity contribution in [1.82, 2.24) is 29.2 Å². The van der Waals surface area contributed by atoms with Gasteiger partial charge in [-0.3, -0.25) is 14.3 Å². The van der Waals surface area contributed by atoms with E-state index in [1.54, 1.807) is 13.2 Å². The third-order valence-electron chi connectivity index (χ3n) is 6.49. The second-order valence-corrected chi connectivity index (χ2v) is 8.38. The zero-order chi connectivity index (χ0) is 20.7. The molecule has 0 unspecified atom stereocenters. The first-order valence-corrected chi connectivity index (χ1v) is 10.8. The molecule has 2 fully saturated rings. The van der Waals surface area contributed by atoms with Crippen molar-refractivity contribution < 1.29 is 4.79 Å². The summed E-state index contributed by atoms with van der Waals surface area (Å²) in [5, 5.41) is 4.58. The van der Waals surface area contributed by atoms with Crippen LogP contribution in [0.1, 0.15) is 66.8 Å². The lowest BCUT2D eigenvalue weighted by molar-refractivity contribution is 0.0703. The number of nitrogens with zero attached hydrogens (tertiary/aromatic N) is 6. The number of rotatable bonds is 3. The molecule has 0 radical (unpaired) electrons. The number of para-hydroxylation sites is 2. The standard InChI is InChI=1S/C22H26N6O2/c1-26-22(30)28(16-6-2-3-7-16)20(25-26)15-10-12-27(13-11-15)21(29)19-14-23-17-8-4-5-9-18(17)24-19/h4-5,8-9,14-16H,2-3,6-7,10-13H2,1H3. The minimum Gasteiger partial charge on any atom is -0.337 e. The third-order valence-corrected chi connectivity index (χ3v) is 6.49. The van der Waals surface area contributed by atoms with Gasteiger partial charge in [-0.05, 0) is 37.8 Å². The van der Waals surface area contributed by atoms with Gasteiger partial charge in [-0.15, -0.1) is 0 Å². The molecule has 2 aromatic heterocycles. The number of likely N-dealkylation sites (tertiary alicyclic amines) is 1. The SMILES string of the molecule is Cn1nc(C2CCN(C(=O)c3cnc4ccccc4n3)CC2)n(C2CCCC2)c1=O. The number of fused-ring (bicyclic) bond motifs is 1. The fraction of sp³-hybridized carbons (Fsp3) is 0.500. The van der Waals surface area contributed by atoms with E-state index in [1.165, 1.54) is 17.5 Å². The molecular weight excluding hydrogens is 380 g/mol. The van der Waals surface area contributed by atoms with Gasteiger partial charge in [-0.25, -0.2) is 14.5 Å². The molecule has 1 saturated carbocycles. The van der Waals surface area contributed by atoms with Gasteiger partial charge in [0, 0.05) is 32.1 Å². The van der Waals surface area contributed by atoms with E-state index in [-0.39, 0.29) is 23.6 Å². The Morgan fingerprint density at radius 2 is 1.73 bits per heavy atom. The van der Waals surface area contributed by atoms with Gasteiger partial charge in [0.15, 0.2) is 0 Å². The van der Waals surface area contributed by atoms with Crippen molar-refractivity contribution in [2.75, 3.05) is 13.1 Å². The van der Waals surface area contributed by atoms with E-state index in [4.69, 9.17) is 0 Å². The lowest BCUT2D eigenvalue weighted by Gasteiger charge is -2.31. The first kappa shape index (κ1) is 19.0. The van der Waals surface area contributed by atoms with Crippen molar-refractivity contribution in [2.24, 2.45) is 7.05 Å². The van der Waals surface area contributed by atoms with Gasteiger partial charge >= 0.3 is 5.69 Å². The number of piperidine rings is 1. The second kappa shape index (κ2) is 7.66. The molecular formula is C22H26N6O2. The van der Waals surface area contributed by atoms with Crippen LogP contribution in [-0.2, 0) is 7.05 Å². The van der Waals surface area contributed by atoms with Crippen LogP contribution < -0.4 is 5.69 Å². The first-order chi connectivity index (χ1) is 14.6. The molecule has 1 aliphatic heterocycles. The molecule has 0 spiro atoms. The van der Waals surface area contributed by atoms with Crippen molar-refractivity contribution in [2.45, 2.75) is 50.5 Å². The lowest BCUT2D eigenvalue weighted by Crippen LogP contribution is -2.39. The quantitative estimate of drug-likeness (QED) is 0.667. The average Bonchev–Trinajstić information content (AvgIpc) is 3.41. The van der Waals surface area contributed by atoms with Gasteiger partial charge in [0.1, 0.15) is 11.5 Å². The number of hydrogen-bond donors (Lipinski definition) is 0. The van der Waals surface area contributed by atoms with Crippen molar-refractivity contribution in [1.29, 1.82) is 0 Å². The predicted octanol–water partition coefficient (Wildman–Crippen LogP) is 2.66. The zero-order valence-corrected chi connectivity index (χ0v) is 17.2. The Morgan fingerprint density at radius 1 is 1.03 bits per heavy atom. The van der Waals surface area contributed by atoms with Gasteiger partial charge in [0.2, 0.25) is 0 Å². The van der Waals surface area contributed by atoms with Gasteiger partial charge in [-0.2, -0.15) is 5.10 Å². The van der Waals surface area contributed by atoms with E-state index in [1.807, 2.05) is 33.7 Å². The van der Waals surface area contributed by atoms with E-state index in [9.17, 15) is 9.59 Å². The maximum absolute atomic E-state index is 13.0. The second-order valence-electron chi connectivity index (χ2n) is 8.38. The lowest BCUT2D eigenvalue weighted by atomic mass is 9.95. The molecule has 1 aliphatic carbocycles. The Morgan fingerprint density at radius 3 is 2.47 bits per heavy atom. The number of carbonyl (C=O) groups excluding carboxylic acids is 1. The van der Waals surface area contributed by atoms with E-state index in [0.29, 0.717) is 18.8 Å². The van der Waals surface area contributed by atoms with Crippen molar-refractivity contribution in [3.63, 3.8) is 0 Å². The minimum absolute atomic E-state index is 0.0122. The van der Waals surface area contributed by atoms with Crippen molar-refractivity contribution in [3.8, 4) is 0 Å². The summed E-state index contributed by atoms with van der Waals surface area (Å²) in [5.41, 5.74) is 1.88. The highest BCUT2D eigenvalue weighted by molar-refractivity contribution is 5.93. The summed E-state index contributed by atoms with van der Waals surface area (Å²) in [4.78, 5) is 36.3. The van der Waals surface area contributed by atoms with Crippen molar-refractivity contribution >= 4 is 16.9 Å². The molecule has 5 rings (SSSR count). The third kappa shape index (κ3) is 3.30. The van der Waals surface area contributed by atoms with Gasteiger partial charge in [0.25, 0.3) is 5.91 Å². The number of carbonyl (C=O) groups is 1. The highest BCUT2D eigenvalue weighted by atomic mass is 16.2. The summed E-state index contributed by atoms with van der Waals surface area (Å²) < 4.78 is 3.40. The molecule has 1 saturated heterocycles. The highest BCUT2D eigenvalue weighted by Crippen LogP contribution is 2.33. The molecule has 8 heteroatoms. The predicted molar refractivity (Wildman–Crippen MR) is 112 cm³/mol. The normalized spacial score (nSPS) is 18.4. The van der Waals surface area contributed by atoms with E-state index >= 15 is 0 Å². The number of hydrogen-bond acceptors (Lipinski definition) is 5. The maximum Gasteiger partial charge on any atom is 0.345 e. The van der Waals surface area contributed by atoms with Crippen LogP contribution >= 0.6 is 0 Å². The Bertz CT molecular complexity index is 1140. The molecule has 1 aromatic carbocycles. The van der Waals surface area contributed by atoms with Crippen LogP contribution in [0.25, 0.3) is 11.0 Å². The molecule has 0 N–H and O–H groups in total. The summed E-state index contributed by atoms with van der Waals surface area (Å²) in [7, 11) is 1.73. The van der Waals surface area contributed by atoms with E-state index in [0.717, 1.165) is 42.5 Å². The average molecular weight is 406 g/mol. The monoisotopic (exact) mass is 406 g/mol. The molecule has 156 valence electrons. The largest absolute Gasteiger partial charge is 0.345 e. The van der Waals surface area contributed by atoms with Crippen molar-refractivity contribution in [3.05, 3.63) is 52.5 Å². The smallest absolute Gasteiger partial charge is 0.337 e. The summed E-state index contributed by atoms with van der Waals surface area (Å²) in [6, 6.07) is 7.83. The van der Waals surface area contributed by atoms with Crippen LogP contribution in [0.2, 0.25) is 0 Å². The van der Waals surface area contributed by atoms with E-state index < -0.39 is 0 Å². The van der Waals surface area contributed by atoms with Crippen LogP contribution in [0, 0.1) is 0 Å². The Hall–Kier alpha value is -3.03. The Kier molecular flexibility index (Phi) is 4.84. The molecule has 3 aromatic rings. The number of aryl methyl sites for hydroxylation is 1. The summed E-state index contributed by atoms with van der Waals surface area (Å²) in [5.74, 6) is 1.01. The summed E-state index contributed by atoms with van der Waals surface area (Å²) in [6.07, 6.45) is 7.61. The topological polar surface area (TPSA) is 85.9 Å². The molecule has 1 amide bonds. The Labute approximate surface area is 174 Å². The van der Waals surface area contributed by atoms with Crippen LogP contribution in [0.4, 0.5) is 0 Å². The van der Waals surface area contributed by atoms with Gasteiger partial charge in [0.05, 0.1) is 17.2 Å². The molecule has 3 heterocycles. The van der Waals surface area contributed by atoms with E-state index in [2.05, 4.69) is 15.1 Å². The number of amides is 1. The van der Waals surface area contributed by atoms with Crippen LogP contribution in [0.5, 0.6) is 0 Å². The minimum atomic E-state index is -0.0825. The molecule has 8 nitrogen and oxygen atoms in total. The number of benzene rings is 1. The highest BCUT2D eigenvalue weighted by Gasteiger charge is 2.32. The zero-order valence-electron chi connectivity index (χ0n) is 17.2. The fourth-order valence-corrected chi connectivity index (χ4v) is 4.85. The summed E-state index contributed by atoms with van der Waals surface area (Å²) >= 11 is 0. The molecule has 30 heavy (non-hydrogen) atoms. The fourth-order valence-electron chi connectivity index (χ4n) is 4.85. The van der Waals surface area contributed by atoms with Gasteiger partial charge < -0.3 is 4.90 Å². The maximum atomic E-state index is 13.0. The molecule has 0 atom stereocenters.